The fourth-order valence-corrected chi connectivity index (χ4v) is 6.44. The number of anilines is 1. The van der Waals surface area contributed by atoms with Crippen molar-refractivity contribution in [2.75, 3.05) is 11.9 Å². The standard InChI is InChI=1S/C29H33FN4O4/c1-27(2,3)13-22(34-24(36)17-11-10-16(30)12-19(17)28(34,4)5)25(37)33-15-29(14-21(33)23(31)35)18-8-6-7-9-20(18)32-26(29)38/h6-12,21-22H,13-15H2,1-5H3,(H2,31,35)(H,32,38)/t21-,22-,29-/m0/s1. The lowest BCUT2D eigenvalue weighted by Gasteiger charge is -2.42. The average molecular weight is 521 g/mol. The monoisotopic (exact) mass is 520 g/mol. The molecule has 8 nitrogen and oxygen atoms in total. The Labute approximate surface area is 221 Å². The zero-order valence-electron chi connectivity index (χ0n) is 22.3. The summed E-state index contributed by atoms with van der Waals surface area (Å²) >= 11 is 0. The molecule has 4 amide bonds. The summed E-state index contributed by atoms with van der Waals surface area (Å²) in [5.74, 6) is -2.28. The first-order valence-corrected chi connectivity index (χ1v) is 12.8. The van der Waals surface area contributed by atoms with Gasteiger partial charge in [0.25, 0.3) is 5.91 Å². The highest BCUT2D eigenvalue weighted by molar-refractivity contribution is 6.09. The lowest BCUT2D eigenvalue weighted by Crippen LogP contribution is -2.57. The van der Waals surface area contributed by atoms with Crippen molar-refractivity contribution in [1.82, 2.24) is 9.80 Å². The molecule has 3 atom stereocenters. The van der Waals surface area contributed by atoms with Gasteiger partial charge in [-0.3, -0.25) is 19.2 Å². The van der Waals surface area contributed by atoms with Crippen molar-refractivity contribution in [1.29, 1.82) is 0 Å². The van der Waals surface area contributed by atoms with Crippen LogP contribution in [0, 0.1) is 11.2 Å². The van der Waals surface area contributed by atoms with E-state index in [0.29, 0.717) is 16.8 Å². The summed E-state index contributed by atoms with van der Waals surface area (Å²) in [4.78, 5) is 57.0. The number of carbonyl (C=O) groups excluding carboxylic acids is 4. The van der Waals surface area contributed by atoms with Crippen molar-refractivity contribution in [2.45, 2.75) is 70.5 Å². The minimum atomic E-state index is -1.12. The summed E-state index contributed by atoms with van der Waals surface area (Å²) in [5, 5.41) is 2.88. The fraction of sp³-hybridized carbons (Fsp3) is 0.448. The molecule has 0 saturated carbocycles. The van der Waals surface area contributed by atoms with Crippen LogP contribution in [-0.4, -0.2) is 52.1 Å². The van der Waals surface area contributed by atoms with E-state index in [1.807, 2.05) is 39.0 Å². The van der Waals surface area contributed by atoms with E-state index in [0.717, 1.165) is 5.56 Å². The van der Waals surface area contributed by atoms with Crippen LogP contribution in [0.2, 0.25) is 0 Å². The van der Waals surface area contributed by atoms with Gasteiger partial charge < -0.3 is 20.9 Å². The third kappa shape index (κ3) is 3.78. The molecule has 1 fully saturated rings. The lowest BCUT2D eigenvalue weighted by atomic mass is 9.79. The Balaban J connectivity index is 1.58. The first-order chi connectivity index (χ1) is 17.7. The normalized spacial score (nSPS) is 24.4. The van der Waals surface area contributed by atoms with Crippen molar-refractivity contribution >= 4 is 29.3 Å². The SMILES string of the molecule is CC(C)(C)C[C@@H](C(=O)N1C[C@]2(C[C@H]1C(N)=O)C(=O)Nc1ccccc12)N1C(=O)c2ccc(F)cc2C1(C)C. The number of nitrogens with one attached hydrogen (secondary N) is 1. The second-order valence-electron chi connectivity index (χ2n) is 12.4. The maximum Gasteiger partial charge on any atom is 0.255 e. The molecule has 38 heavy (non-hydrogen) atoms. The molecule has 0 aliphatic carbocycles. The third-order valence-electron chi connectivity index (χ3n) is 8.19. The quantitative estimate of drug-likeness (QED) is 0.644. The number of para-hydroxylation sites is 1. The van der Waals surface area contributed by atoms with E-state index < -0.39 is 40.7 Å². The Morgan fingerprint density at radius 3 is 2.47 bits per heavy atom. The predicted molar refractivity (Wildman–Crippen MR) is 140 cm³/mol. The van der Waals surface area contributed by atoms with E-state index >= 15 is 0 Å². The molecule has 0 aromatic heterocycles. The van der Waals surface area contributed by atoms with E-state index in [1.165, 1.54) is 28.0 Å². The van der Waals surface area contributed by atoms with E-state index in [2.05, 4.69) is 5.32 Å². The molecular formula is C29H33FN4O4. The Kier molecular flexibility index (Phi) is 5.71. The summed E-state index contributed by atoms with van der Waals surface area (Å²) in [6.45, 7) is 9.43. The molecular weight excluding hydrogens is 487 g/mol. The molecule has 0 radical (unpaired) electrons. The lowest BCUT2D eigenvalue weighted by molar-refractivity contribution is -0.143. The largest absolute Gasteiger partial charge is 0.368 e. The summed E-state index contributed by atoms with van der Waals surface area (Å²) < 4.78 is 14.2. The van der Waals surface area contributed by atoms with Crippen LogP contribution in [0.15, 0.2) is 42.5 Å². The topological polar surface area (TPSA) is 113 Å². The van der Waals surface area contributed by atoms with Crippen molar-refractivity contribution in [2.24, 2.45) is 11.1 Å². The molecule has 3 aliphatic rings. The van der Waals surface area contributed by atoms with Gasteiger partial charge in [-0.15, -0.1) is 0 Å². The predicted octanol–water partition coefficient (Wildman–Crippen LogP) is 3.30. The Bertz CT molecular complexity index is 1380. The summed E-state index contributed by atoms with van der Waals surface area (Å²) in [6, 6.07) is 9.26. The van der Waals surface area contributed by atoms with Gasteiger partial charge in [0.15, 0.2) is 0 Å². The molecule has 0 unspecified atom stereocenters. The molecule has 3 heterocycles. The molecule has 200 valence electrons. The number of hydrogen-bond donors (Lipinski definition) is 2. The molecule has 2 aromatic carbocycles. The van der Waals surface area contributed by atoms with Gasteiger partial charge in [0.05, 0.1) is 11.0 Å². The number of rotatable bonds is 4. The van der Waals surface area contributed by atoms with Crippen molar-refractivity contribution in [3.63, 3.8) is 0 Å². The zero-order chi connectivity index (χ0) is 27.8. The van der Waals surface area contributed by atoms with Gasteiger partial charge in [-0.25, -0.2) is 4.39 Å². The van der Waals surface area contributed by atoms with Gasteiger partial charge in [-0.05, 0) is 67.5 Å². The number of hydrogen-bond acceptors (Lipinski definition) is 4. The second-order valence-corrected chi connectivity index (χ2v) is 12.4. The first-order valence-electron chi connectivity index (χ1n) is 12.8. The number of nitrogens with two attached hydrogens (primary N) is 1. The average Bonchev–Trinajstić information content (AvgIpc) is 3.42. The zero-order valence-corrected chi connectivity index (χ0v) is 22.3. The smallest absolute Gasteiger partial charge is 0.255 e. The van der Waals surface area contributed by atoms with E-state index in [4.69, 9.17) is 5.73 Å². The summed E-state index contributed by atoms with van der Waals surface area (Å²) in [6.07, 6.45) is 0.344. The first kappa shape index (κ1) is 25.9. The Morgan fingerprint density at radius 2 is 1.82 bits per heavy atom. The molecule has 3 N–H and O–H groups in total. The van der Waals surface area contributed by atoms with Crippen LogP contribution >= 0.6 is 0 Å². The highest BCUT2D eigenvalue weighted by Gasteiger charge is 2.59. The number of amides is 4. The van der Waals surface area contributed by atoms with Crippen LogP contribution in [0.3, 0.4) is 0 Å². The minimum Gasteiger partial charge on any atom is -0.368 e. The minimum absolute atomic E-state index is 0.0348. The van der Waals surface area contributed by atoms with Crippen LogP contribution in [0.4, 0.5) is 10.1 Å². The molecule has 1 spiro atoms. The third-order valence-corrected chi connectivity index (χ3v) is 8.19. The highest BCUT2D eigenvalue weighted by Crippen LogP contribution is 2.48. The second kappa shape index (κ2) is 8.38. The number of fused-ring (bicyclic) bond motifs is 3. The van der Waals surface area contributed by atoms with Gasteiger partial charge in [0.2, 0.25) is 17.7 Å². The van der Waals surface area contributed by atoms with Gasteiger partial charge >= 0.3 is 0 Å². The molecule has 5 rings (SSSR count). The number of nitrogens with zero attached hydrogens (tertiary/aromatic N) is 2. The molecule has 0 bridgehead atoms. The number of benzene rings is 2. The molecule has 2 aromatic rings. The van der Waals surface area contributed by atoms with E-state index in [-0.39, 0.29) is 36.6 Å². The molecule has 9 heteroatoms. The molecule has 1 saturated heterocycles. The summed E-state index contributed by atoms with van der Waals surface area (Å²) in [7, 11) is 0. The fourth-order valence-electron chi connectivity index (χ4n) is 6.44. The van der Waals surface area contributed by atoms with E-state index in [9.17, 15) is 23.6 Å². The maximum atomic E-state index is 14.5. The number of halogens is 1. The maximum absolute atomic E-state index is 14.5. The number of carbonyl (C=O) groups is 4. The van der Waals surface area contributed by atoms with Crippen LogP contribution in [-0.2, 0) is 25.3 Å². The highest BCUT2D eigenvalue weighted by atomic mass is 19.1. The van der Waals surface area contributed by atoms with Gasteiger partial charge in [0.1, 0.15) is 17.9 Å². The van der Waals surface area contributed by atoms with Gasteiger partial charge in [-0.2, -0.15) is 0 Å². The summed E-state index contributed by atoms with van der Waals surface area (Å²) in [5.41, 5.74) is 5.53. The van der Waals surface area contributed by atoms with Crippen LogP contribution in [0.25, 0.3) is 0 Å². The van der Waals surface area contributed by atoms with Gasteiger partial charge in [0, 0.05) is 17.8 Å². The Morgan fingerprint density at radius 1 is 1.13 bits per heavy atom. The van der Waals surface area contributed by atoms with E-state index in [1.54, 1.807) is 19.9 Å². The van der Waals surface area contributed by atoms with Gasteiger partial charge in [-0.1, -0.05) is 39.0 Å². The van der Waals surface area contributed by atoms with Crippen molar-refractivity contribution in [3.05, 3.63) is 65.0 Å². The Hall–Kier alpha value is -3.75. The number of likely N-dealkylation sites (tertiary alicyclic amines) is 1. The van der Waals surface area contributed by atoms with Crippen LogP contribution in [0.5, 0.6) is 0 Å². The van der Waals surface area contributed by atoms with Crippen LogP contribution < -0.4 is 11.1 Å². The van der Waals surface area contributed by atoms with Crippen molar-refractivity contribution in [3.8, 4) is 0 Å². The molecule has 3 aliphatic heterocycles. The van der Waals surface area contributed by atoms with Crippen molar-refractivity contribution < 1.29 is 23.6 Å². The number of primary amides is 1. The van der Waals surface area contributed by atoms with Crippen LogP contribution in [0.1, 0.15) is 68.9 Å².